The van der Waals surface area contributed by atoms with Gasteiger partial charge < -0.3 is 14.2 Å². The van der Waals surface area contributed by atoms with Crippen LogP contribution in [0.4, 0.5) is 4.79 Å². The third kappa shape index (κ3) is 3.05. The zero-order chi connectivity index (χ0) is 15.5. The van der Waals surface area contributed by atoms with E-state index in [4.69, 9.17) is 9.26 Å². The zero-order valence-electron chi connectivity index (χ0n) is 13.0. The van der Waals surface area contributed by atoms with E-state index in [1.54, 1.807) is 0 Å². The van der Waals surface area contributed by atoms with Crippen LogP contribution in [0.25, 0.3) is 0 Å². The predicted molar refractivity (Wildman–Crippen MR) is 80.8 cm³/mol. The van der Waals surface area contributed by atoms with Gasteiger partial charge in [0.2, 0.25) is 0 Å². The van der Waals surface area contributed by atoms with Crippen LogP contribution in [-0.2, 0) is 4.74 Å². The molecular formula is C16H24N2O4. The molecule has 0 unspecified atom stereocenters. The van der Waals surface area contributed by atoms with Crippen LogP contribution in [0.2, 0.25) is 0 Å². The summed E-state index contributed by atoms with van der Waals surface area (Å²) in [5.41, 5.74) is -0.195. The third-order valence-corrected chi connectivity index (χ3v) is 5.19. The third-order valence-electron chi connectivity index (χ3n) is 5.19. The Kier molecular flexibility index (Phi) is 4.55. The van der Waals surface area contributed by atoms with Crippen LogP contribution in [0.15, 0.2) is 15.4 Å². The van der Waals surface area contributed by atoms with E-state index in [9.17, 15) is 9.59 Å². The van der Waals surface area contributed by atoms with Crippen LogP contribution < -0.4 is 5.56 Å². The Bertz CT molecular complexity index is 558. The summed E-state index contributed by atoms with van der Waals surface area (Å²) in [5.74, 6) is 1.45. The van der Waals surface area contributed by atoms with Gasteiger partial charge in [-0.05, 0) is 31.6 Å². The second-order valence-corrected chi connectivity index (χ2v) is 6.47. The zero-order valence-corrected chi connectivity index (χ0v) is 13.0. The van der Waals surface area contributed by atoms with E-state index in [-0.39, 0.29) is 23.6 Å². The summed E-state index contributed by atoms with van der Waals surface area (Å²) in [6.07, 6.45) is 7.52. The fraction of sp³-hybridized carbons (Fsp3) is 0.750. The number of carbonyl (C=O) groups is 1. The van der Waals surface area contributed by atoms with E-state index in [0.717, 1.165) is 18.6 Å². The maximum atomic E-state index is 12.1. The fourth-order valence-corrected chi connectivity index (χ4v) is 4.06. The van der Waals surface area contributed by atoms with Crippen molar-refractivity contribution in [2.75, 3.05) is 13.7 Å². The normalized spacial score (nSPS) is 26.9. The van der Waals surface area contributed by atoms with Crippen molar-refractivity contribution in [2.24, 2.45) is 5.92 Å². The number of likely N-dealkylation sites (tertiary alicyclic amines) is 1. The molecule has 1 saturated heterocycles. The number of aromatic amines is 1. The van der Waals surface area contributed by atoms with Crippen molar-refractivity contribution in [1.29, 1.82) is 0 Å². The first-order valence-corrected chi connectivity index (χ1v) is 8.22. The van der Waals surface area contributed by atoms with Gasteiger partial charge in [0.05, 0.1) is 7.11 Å². The first-order valence-electron chi connectivity index (χ1n) is 8.22. The average Bonchev–Trinajstić information content (AvgIpc) is 3.01. The van der Waals surface area contributed by atoms with Crippen molar-refractivity contribution in [3.05, 3.63) is 22.2 Å². The highest BCUT2D eigenvalue weighted by Gasteiger charge is 2.38. The number of hydrogen-bond acceptors (Lipinski definition) is 4. The second-order valence-electron chi connectivity index (χ2n) is 6.47. The molecule has 2 aliphatic rings. The van der Waals surface area contributed by atoms with Crippen molar-refractivity contribution in [3.8, 4) is 0 Å². The van der Waals surface area contributed by atoms with Crippen molar-refractivity contribution < 1.29 is 14.1 Å². The molecule has 6 nitrogen and oxygen atoms in total. The Morgan fingerprint density at radius 3 is 2.73 bits per heavy atom. The number of H-pyrrole nitrogens is 1. The number of methoxy groups -OCH3 is 1. The molecule has 3 rings (SSSR count). The number of ether oxygens (including phenoxy) is 1. The maximum Gasteiger partial charge on any atom is 0.409 e. The average molecular weight is 308 g/mol. The van der Waals surface area contributed by atoms with E-state index in [0.29, 0.717) is 12.5 Å². The summed E-state index contributed by atoms with van der Waals surface area (Å²) >= 11 is 0. The van der Waals surface area contributed by atoms with Crippen molar-refractivity contribution in [2.45, 2.75) is 56.9 Å². The van der Waals surface area contributed by atoms with Crippen molar-refractivity contribution >= 4 is 6.09 Å². The van der Waals surface area contributed by atoms with Gasteiger partial charge in [0, 0.05) is 24.6 Å². The minimum atomic E-state index is -0.232. The second kappa shape index (κ2) is 6.58. The molecule has 2 heterocycles. The number of nitrogens with one attached hydrogen (secondary N) is 1. The van der Waals surface area contributed by atoms with Crippen LogP contribution in [-0.4, -0.2) is 35.8 Å². The maximum absolute atomic E-state index is 12.1. The lowest BCUT2D eigenvalue weighted by atomic mass is 9.76. The smallest absolute Gasteiger partial charge is 0.409 e. The molecule has 122 valence electrons. The molecule has 1 aromatic heterocycles. The summed E-state index contributed by atoms with van der Waals surface area (Å²) in [6, 6.07) is 1.72. The molecule has 0 radical (unpaired) electrons. The SMILES string of the molecule is COC(=O)N1CC[C@H](c2cc(=O)[nH]o2)C[C@@H]1C1CCCCC1. The Balaban J connectivity index is 1.78. The minimum absolute atomic E-state index is 0.187. The van der Waals surface area contributed by atoms with E-state index in [1.165, 1.54) is 45.3 Å². The molecule has 1 aromatic rings. The van der Waals surface area contributed by atoms with Crippen LogP contribution in [0, 0.1) is 5.92 Å². The standard InChI is InChI=1S/C16H24N2O4/c1-21-16(20)18-8-7-12(14-10-15(19)17-22-14)9-13(18)11-5-3-2-4-6-11/h10-13H,2-9H2,1H3,(H,17,19)/t12-,13+/m0/s1. The highest BCUT2D eigenvalue weighted by Crippen LogP contribution is 2.39. The van der Waals surface area contributed by atoms with E-state index in [1.807, 2.05) is 4.90 Å². The first-order chi connectivity index (χ1) is 10.7. The van der Waals surface area contributed by atoms with Gasteiger partial charge in [-0.2, -0.15) is 5.16 Å². The lowest BCUT2D eigenvalue weighted by molar-refractivity contribution is 0.0512. The summed E-state index contributed by atoms with van der Waals surface area (Å²) < 4.78 is 10.3. The van der Waals surface area contributed by atoms with E-state index in [2.05, 4.69) is 5.16 Å². The first kappa shape index (κ1) is 15.2. The summed E-state index contributed by atoms with van der Waals surface area (Å²) in [6.45, 7) is 0.660. The summed E-state index contributed by atoms with van der Waals surface area (Å²) in [7, 11) is 1.44. The van der Waals surface area contributed by atoms with Crippen LogP contribution in [0.3, 0.4) is 0 Å². The number of amides is 1. The number of hydrogen-bond donors (Lipinski definition) is 1. The predicted octanol–water partition coefficient (Wildman–Crippen LogP) is 2.86. The van der Waals surface area contributed by atoms with E-state index >= 15 is 0 Å². The Morgan fingerprint density at radius 2 is 2.09 bits per heavy atom. The molecular weight excluding hydrogens is 284 g/mol. The van der Waals surface area contributed by atoms with Gasteiger partial charge in [0.15, 0.2) is 0 Å². The molecule has 1 saturated carbocycles. The van der Waals surface area contributed by atoms with E-state index < -0.39 is 0 Å². The summed E-state index contributed by atoms with van der Waals surface area (Å²) in [4.78, 5) is 25.3. The number of aromatic nitrogens is 1. The molecule has 2 fully saturated rings. The van der Waals surface area contributed by atoms with Gasteiger partial charge in [-0.1, -0.05) is 19.3 Å². The molecule has 6 heteroatoms. The Labute approximate surface area is 129 Å². The molecule has 0 bridgehead atoms. The fourth-order valence-electron chi connectivity index (χ4n) is 4.06. The molecule has 0 spiro atoms. The molecule has 1 amide bonds. The van der Waals surface area contributed by atoms with Gasteiger partial charge in [-0.25, -0.2) is 4.79 Å². The number of nitrogens with zero attached hydrogens (tertiary/aromatic N) is 1. The number of rotatable bonds is 2. The van der Waals surface area contributed by atoms with Crippen molar-refractivity contribution in [1.82, 2.24) is 10.1 Å². The van der Waals surface area contributed by atoms with Crippen LogP contribution >= 0.6 is 0 Å². The topological polar surface area (TPSA) is 75.5 Å². The van der Waals surface area contributed by atoms with Crippen LogP contribution in [0.5, 0.6) is 0 Å². The summed E-state index contributed by atoms with van der Waals surface area (Å²) in [5, 5.41) is 2.37. The molecule has 0 aromatic carbocycles. The highest BCUT2D eigenvalue weighted by atomic mass is 16.5. The van der Waals surface area contributed by atoms with Gasteiger partial charge >= 0.3 is 6.09 Å². The molecule has 1 N–H and O–H groups in total. The molecule has 1 aliphatic carbocycles. The minimum Gasteiger partial charge on any atom is -0.453 e. The van der Waals surface area contributed by atoms with Gasteiger partial charge in [-0.3, -0.25) is 4.79 Å². The Morgan fingerprint density at radius 1 is 1.32 bits per heavy atom. The van der Waals surface area contributed by atoms with Gasteiger partial charge in [-0.15, -0.1) is 0 Å². The van der Waals surface area contributed by atoms with Gasteiger partial charge in [0.25, 0.3) is 5.56 Å². The van der Waals surface area contributed by atoms with Gasteiger partial charge in [0.1, 0.15) is 5.76 Å². The monoisotopic (exact) mass is 308 g/mol. The number of carbonyl (C=O) groups excluding carboxylic acids is 1. The Hall–Kier alpha value is -1.72. The largest absolute Gasteiger partial charge is 0.453 e. The van der Waals surface area contributed by atoms with Crippen molar-refractivity contribution in [3.63, 3.8) is 0 Å². The lowest BCUT2D eigenvalue weighted by Gasteiger charge is -2.43. The lowest BCUT2D eigenvalue weighted by Crippen LogP contribution is -2.49. The molecule has 2 atom stereocenters. The molecule has 22 heavy (non-hydrogen) atoms. The molecule has 1 aliphatic heterocycles. The number of piperidine rings is 1. The van der Waals surface area contributed by atoms with Crippen LogP contribution in [0.1, 0.15) is 56.6 Å². The quantitative estimate of drug-likeness (QED) is 0.911. The highest BCUT2D eigenvalue weighted by molar-refractivity contribution is 5.68.